The van der Waals surface area contributed by atoms with Crippen LogP contribution >= 0.6 is 0 Å². The van der Waals surface area contributed by atoms with Crippen molar-refractivity contribution in [3.63, 3.8) is 0 Å². The van der Waals surface area contributed by atoms with Gasteiger partial charge < -0.3 is 5.11 Å². The van der Waals surface area contributed by atoms with Crippen molar-refractivity contribution in [2.45, 2.75) is 12.4 Å². The second-order valence-electron chi connectivity index (χ2n) is 2.38. The molecule has 0 aliphatic carbocycles. The Kier molecular flexibility index (Phi) is 3.72. The van der Waals surface area contributed by atoms with Gasteiger partial charge in [0, 0.05) is 0 Å². The molecule has 0 saturated carbocycles. The van der Waals surface area contributed by atoms with E-state index in [1.807, 2.05) is 0 Å². The summed E-state index contributed by atoms with van der Waals surface area (Å²) >= 11 is 0. The summed E-state index contributed by atoms with van der Waals surface area (Å²) < 4.78 is 82.4. The van der Waals surface area contributed by atoms with Crippen LogP contribution in [-0.2, 0) is 4.79 Å². The molecule has 0 radical (unpaired) electrons. The van der Waals surface area contributed by atoms with E-state index in [0.717, 1.165) is 0 Å². The van der Waals surface area contributed by atoms with Crippen molar-refractivity contribution >= 4 is 5.97 Å². The van der Waals surface area contributed by atoms with Crippen LogP contribution in [0, 0.1) is 5.92 Å². The van der Waals surface area contributed by atoms with Crippen molar-refractivity contribution in [1.82, 2.24) is 0 Å². The fourth-order valence-electron chi connectivity index (χ4n) is 0.592. The first-order valence-electron chi connectivity index (χ1n) is 3.20. The summed E-state index contributed by atoms with van der Waals surface area (Å²) in [5.41, 5.74) is 0. The number of halogens is 7. The maximum Gasteiger partial charge on any atom is 0.403 e. The number of rotatable bonds is 2. The molecule has 0 saturated heterocycles. The van der Waals surface area contributed by atoms with E-state index in [9.17, 15) is 35.5 Å². The topological polar surface area (TPSA) is 37.3 Å². The van der Waals surface area contributed by atoms with Gasteiger partial charge in [-0.2, -0.15) is 30.7 Å². The highest BCUT2D eigenvalue weighted by Crippen LogP contribution is 2.40. The molecule has 0 bridgehead atoms. The maximum absolute atomic E-state index is 12.1. The van der Waals surface area contributed by atoms with E-state index >= 15 is 0 Å². The summed E-state index contributed by atoms with van der Waals surface area (Å²) in [6.45, 7) is 0. The van der Waals surface area contributed by atoms with Crippen molar-refractivity contribution in [1.29, 1.82) is 0 Å². The monoisotopic (exact) mass is 240 g/mol. The van der Waals surface area contributed by atoms with Gasteiger partial charge >= 0.3 is 18.3 Å². The number of aliphatic carboxylic acids is 1. The number of hydrogen-bond acceptors (Lipinski definition) is 1. The lowest BCUT2D eigenvalue weighted by Gasteiger charge is -2.19. The minimum absolute atomic E-state index is 1.03. The molecule has 0 aromatic carbocycles. The number of hydrogen-bond donors (Lipinski definition) is 1. The maximum atomic E-state index is 12.1. The third kappa shape index (κ3) is 4.17. The molecule has 0 unspecified atom stereocenters. The predicted molar refractivity (Wildman–Crippen MR) is 32.4 cm³/mol. The first kappa shape index (κ1) is 13.7. The zero-order chi connectivity index (χ0) is 12.4. The standard InChI is InChI=1S/C6H3F7O2/c7-2(4(14)15)1-3(5(8,9)10)6(11,12)13/h1,3H,(H,14,15). The molecule has 9 heteroatoms. The van der Waals surface area contributed by atoms with Crippen LogP contribution in [0.2, 0.25) is 0 Å². The van der Waals surface area contributed by atoms with Gasteiger partial charge in [-0.3, -0.25) is 0 Å². The van der Waals surface area contributed by atoms with Crippen LogP contribution in [0.15, 0.2) is 11.9 Å². The fourth-order valence-corrected chi connectivity index (χ4v) is 0.592. The Morgan fingerprint density at radius 1 is 1.07 bits per heavy atom. The van der Waals surface area contributed by atoms with Crippen LogP contribution in [0.1, 0.15) is 0 Å². The Bertz CT molecular complexity index is 260. The molecule has 0 aliphatic rings. The first-order chi connectivity index (χ1) is 6.46. The minimum atomic E-state index is -5.79. The molecule has 0 aromatic rings. The molecule has 0 spiro atoms. The lowest BCUT2D eigenvalue weighted by Crippen LogP contribution is -2.35. The summed E-state index contributed by atoms with van der Waals surface area (Å²) in [6, 6.07) is 0. The van der Waals surface area contributed by atoms with Crippen molar-refractivity contribution in [3.8, 4) is 0 Å². The third-order valence-electron chi connectivity index (χ3n) is 1.22. The molecule has 0 amide bonds. The number of carboxylic acid groups (broad SMARTS) is 1. The van der Waals surface area contributed by atoms with Gasteiger partial charge in [-0.1, -0.05) is 0 Å². The van der Waals surface area contributed by atoms with Crippen LogP contribution in [0.25, 0.3) is 0 Å². The molecule has 0 heterocycles. The highest BCUT2D eigenvalue weighted by molar-refractivity contribution is 5.83. The molecule has 1 N–H and O–H groups in total. The average Bonchev–Trinajstić information content (AvgIpc) is 1.94. The van der Waals surface area contributed by atoms with Gasteiger partial charge in [0.2, 0.25) is 5.83 Å². The summed E-state index contributed by atoms with van der Waals surface area (Å²) in [5.74, 6) is -9.12. The zero-order valence-electron chi connectivity index (χ0n) is 6.66. The molecular weight excluding hydrogens is 237 g/mol. The highest BCUT2D eigenvalue weighted by atomic mass is 19.4. The summed E-state index contributed by atoms with van der Waals surface area (Å²) in [4.78, 5) is 9.71. The molecule has 0 atom stereocenters. The molecule has 15 heavy (non-hydrogen) atoms. The Morgan fingerprint density at radius 3 is 1.60 bits per heavy atom. The summed E-state index contributed by atoms with van der Waals surface area (Å²) in [5, 5.41) is 7.78. The van der Waals surface area contributed by atoms with Gasteiger partial charge in [0.05, 0.1) is 0 Å². The summed E-state index contributed by atoms with van der Waals surface area (Å²) in [6.07, 6.45) is -12.6. The van der Waals surface area contributed by atoms with E-state index < -0.39 is 36.1 Å². The van der Waals surface area contributed by atoms with Gasteiger partial charge in [-0.15, -0.1) is 0 Å². The lowest BCUT2D eigenvalue weighted by molar-refractivity contribution is -0.268. The molecule has 0 aromatic heterocycles. The second-order valence-corrected chi connectivity index (χ2v) is 2.38. The van der Waals surface area contributed by atoms with E-state index in [1.54, 1.807) is 0 Å². The smallest absolute Gasteiger partial charge is 0.403 e. The molecule has 2 nitrogen and oxygen atoms in total. The van der Waals surface area contributed by atoms with Crippen molar-refractivity contribution in [3.05, 3.63) is 11.9 Å². The van der Waals surface area contributed by atoms with E-state index in [0.29, 0.717) is 0 Å². The normalized spacial score (nSPS) is 14.5. The van der Waals surface area contributed by atoms with Crippen LogP contribution in [0.3, 0.4) is 0 Å². The third-order valence-corrected chi connectivity index (χ3v) is 1.22. The SMILES string of the molecule is O=C(O)C(F)=CC(C(F)(F)F)C(F)(F)F. The van der Waals surface area contributed by atoms with Gasteiger partial charge in [-0.25, -0.2) is 4.79 Å². The van der Waals surface area contributed by atoms with Crippen molar-refractivity contribution < 1.29 is 40.6 Å². The van der Waals surface area contributed by atoms with Crippen LogP contribution < -0.4 is 0 Å². The average molecular weight is 240 g/mol. The van der Waals surface area contributed by atoms with Crippen LogP contribution in [-0.4, -0.2) is 23.4 Å². The Morgan fingerprint density at radius 2 is 1.40 bits per heavy atom. The highest BCUT2D eigenvalue weighted by Gasteiger charge is 2.55. The Hall–Kier alpha value is -1.28. The van der Waals surface area contributed by atoms with E-state index in [1.165, 1.54) is 0 Å². The van der Waals surface area contributed by atoms with Crippen molar-refractivity contribution in [2.24, 2.45) is 5.92 Å². The molecule has 88 valence electrons. The number of carboxylic acids is 1. The second kappa shape index (κ2) is 4.07. The first-order valence-corrected chi connectivity index (χ1v) is 3.20. The number of allylic oxidation sites excluding steroid dienone is 1. The largest absolute Gasteiger partial charge is 0.476 e. The van der Waals surface area contributed by atoms with Crippen molar-refractivity contribution in [2.75, 3.05) is 0 Å². The van der Waals surface area contributed by atoms with E-state index in [-0.39, 0.29) is 0 Å². The Labute approximate surface area is 78.0 Å². The minimum Gasteiger partial charge on any atom is -0.476 e. The van der Waals surface area contributed by atoms with Gasteiger partial charge in [0.15, 0.2) is 5.92 Å². The van der Waals surface area contributed by atoms with Crippen LogP contribution in [0.4, 0.5) is 30.7 Å². The molecular formula is C6H3F7O2. The molecule has 0 rings (SSSR count). The fraction of sp³-hybridized carbons (Fsp3) is 0.500. The van der Waals surface area contributed by atoms with E-state index in [2.05, 4.69) is 0 Å². The molecule has 0 aliphatic heterocycles. The molecule has 0 fully saturated rings. The van der Waals surface area contributed by atoms with Gasteiger partial charge in [0.25, 0.3) is 0 Å². The van der Waals surface area contributed by atoms with Crippen LogP contribution in [0.5, 0.6) is 0 Å². The van der Waals surface area contributed by atoms with Gasteiger partial charge in [-0.05, 0) is 6.08 Å². The summed E-state index contributed by atoms with van der Waals surface area (Å²) in [7, 11) is 0. The zero-order valence-corrected chi connectivity index (χ0v) is 6.66. The number of alkyl halides is 6. The number of carbonyl (C=O) groups is 1. The lowest BCUT2D eigenvalue weighted by atomic mass is 10.1. The van der Waals surface area contributed by atoms with Gasteiger partial charge in [0.1, 0.15) is 0 Å². The Balaban J connectivity index is 5.17. The quantitative estimate of drug-likeness (QED) is 0.595. The van der Waals surface area contributed by atoms with E-state index in [4.69, 9.17) is 5.11 Å². The predicted octanol–water partition coefficient (Wildman–Crippen LogP) is 2.67.